The molecule has 4 heteroatoms. The standard InChI is InChI=1S/C9H22N4/c1-9(2,10)13-6-4-8(5-7-13)12(3)11/h8H,4-7,10-11H2,1-3H3. The molecule has 1 fully saturated rings. The fraction of sp³-hybridized carbons (Fsp3) is 1.00. The molecular weight excluding hydrogens is 164 g/mol. The number of nitrogens with two attached hydrogens (primary N) is 2. The zero-order valence-corrected chi connectivity index (χ0v) is 8.95. The van der Waals surface area contributed by atoms with Gasteiger partial charge >= 0.3 is 0 Å². The third kappa shape index (κ3) is 2.91. The van der Waals surface area contributed by atoms with Gasteiger partial charge in [-0.2, -0.15) is 0 Å². The number of hydrogen-bond donors (Lipinski definition) is 2. The van der Waals surface area contributed by atoms with Gasteiger partial charge in [-0.3, -0.25) is 10.7 Å². The van der Waals surface area contributed by atoms with E-state index >= 15 is 0 Å². The molecule has 4 N–H and O–H groups in total. The zero-order valence-electron chi connectivity index (χ0n) is 8.95. The van der Waals surface area contributed by atoms with Gasteiger partial charge in [-0.25, -0.2) is 5.01 Å². The molecule has 0 bridgehead atoms. The summed E-state index contributed by atoms with van der Waals surface area (Å²) in [5, 5.41) is 1.82. The van der Waals surface area contributed by atoms with Gasteiger partial charge in [0.25, 0.3) is 0 Å². The highest BCUT2D eigenvalue weighted by molar-refractivity contribution is 4.82. The Labute approximate surface area is 80.8 Å². The Morgan fingerprint density at radius 3 is 2.08 bits per heavy atom. The van der Waals surface area contributed by atoms with Crippen molar-refractivity contribution in [2.24, 2.45) is 11.6 Å². The molecule has 4 nitrogen and oxygen atoms in total. The summed E-state index contributed by atoms with van der Waals surface area (Å²) in [7, 11) is 1.94. The Balaban J connectivity index is 2.39. The minimum absolute atomic E-state index is 0.182. The Morgan fingerprint density at radius 2 is 1.77 bits per heavy atom. The first kappa shape index (κ1) is 10.9. The van der Waals surface area contributed by atoms with Crippen LogP contribution in [-0.4, -0.2) is 41.8 Å². The lowest BCUT2D eigenvalue weighted by Crippen LogP contribution is -2.56. The minimum Gasteiger partial charge on any atom is -0.314 e. The second kappa shape index (κ2) is 3.92. The first-order chi connectivity index (χ1) is 5.91. The van der Waals surface area contributed by atoms with Crippen molar-refractivity contribution in [2.45, 2.75) is 38.4 Å². The monoisotopic (exact) mass is 186 g/mol. The highest BCUT2D eigenvalue weighted by atomic mass is 15.4. The predicted molar refractivity (Wildman–Crippen MR) is 54.8 cm³/mol. The van der Waals surface area contributed by atoms with Crippen molar-refractivity contribution in [1.29, 1.82) is 0 Å². The molecule has 1 aliphatic heterocycles. The lowest BCUT2D eigenvalue weighted by atomic mass is 10.0. The van der Waals surface area contributed by atoms with Crippen LogP contribution in [0.3, 0.4) is 0 Å². The molecule has 0 saturated carbocycles. The maximum Gasteiger partial charge on any atom is 0.0629 e. The maximum atomic E-state index is 6.01. The van der Waals surface area contributed by atoms with E-state index in [-0.39, 0.29) is 5.66 Å². The maximum absolute atomic E-state index is 6.01. The van der Waals surface area contributed by atoms with Crippen LogP contribution in [0, 0.1) is 0 Å². The Kier molecular flexibility index (Phi) is 3.29. The summed E-state index contributed by atoms with van der Waals surface area (Å²) in [6.45, 7) is 6.21. The molecule has 0 aromatic rings. The average Bonchev–Trinajstić information content (AvgIpc) is 2.03. The molecule has 0 amide bonds. The average molecular weight is 186 g/mol. The van der Waals surface area contributed by atoms with Crippen LogP contribution in [0.5, 0.6) is 0 Å². The molecule has 1 aliphatic rings. The summed E-state index contributed by atoms with van der Waals surface area (Å²) >= 11 is 0. The smallest absolute Gasteiger partial charge is 0.0629 e. The van der Waals surface area contributed by atoms with Crippen molar-refractivity contribution in [2.75, 3.05) is 20.1 Å². The SMILES string of the molecule is CN(N)C1CCN(C(C)(C)N)CC1. The van der Waals surface area contributed by atoms with Gasteiger partial charge in [-0.15, -0.1) is 0 Å². The van der Waals surface area contributed by atoms with E-state index in [1.807, 2.05) is 12.1 Å². The van der Waals surface area contributed by atoms with Gasteiger partial charge < -0.3 is 5.73 Å². The normalized spacial score (nSPS) is 22.6. The number of likely N-dealkylation sites (tertiary alicyclic amines) is 1. The van der Waals surface area contributed by atoms with E-state index in [0.29, 0.717) is 6.04 Å². The van der Waals surface area contributed by atoms with Crippen molar-refractivity contribution in [3.63, 3.8) is 0 Å². The van der Waals surface area contributed by atoms with Gasteiger partial charge in [0.15, 0.2) is 0 Å². The molecule has 0 unspecified atom stereocenters. The van der Waals surface area contributed by atoms with E-state index in [4.69, 9.17) is 11.6 Å². The highest BCUT2D eigenvalue weighted by Gasteiger charge is 2.27. The van der Waals surface area contributed by atoms with Crippen molar-refractivity contribution < 1.29 is 0 Å². The third-order valence-corrected chi connectivity index (χ3v) is 2.86. The van der Waals surface area contributed by atoms with E-state index in [1.165, 1.54) is 0 Å². The summed E-state index contributed by atoms with van der Waals surface area (Å²) in [6.07, 6.45) is 2.24. The fourth-order valence-corrected chi connectivity index (χ4v) is 1.85. The summed E-state index contributed by atoms with van der Waals surface area (Å²) < 4.78 is 0. The van der Waals surface area contributed by atoms with Crippen LogP contribution in [0.1, 0.15) is 26.7 Å². The van der Waals surface area contributed by atoms with Crippen LogP contribution < -0.4 is 11.6 Å². The summed E-state index contributed by atoms with van der Waals surface area (Å²) in [4.78, 5) is 2.31. The van der Waals surface area contributed by atoms with Crippen molar-refractivity contribution in [3.05, 3.63) is 0 Å². The van der Waals surface area contributed by atoms with Gasteiger partial charge in [0.2, 0.25) is 0 Å². The topological polar surface area (TPSA) is 58.5 Å². The highest BCUT2D eigenvalue weighted by Crippen LogP contribution is 2.18. The fourth-order valence-electron chi connectivity index (χ4n) is 1.85. The molecule has 0 spiro atoms. The molecule has 0 radical (unpaired) electrons. The first-order valence-corrected chi connectivity index (χ1v) is 4.92. The zero-order chi connectivity index (χ0) is 10.1. The van der Waals surface area contributed by atoms with Crippen molar-refractivity contribution in [1.82, 2.24) is 9.91 Å². The molecule has 0 aliphatic carbocycles. The molecule has 0 aromatic heterocycles. The Bertz CT molecular complexity index is 153. The molecule has 1 rings (SSSR count). The van der Waals surface area contributed by atoms with E-state index in [9.17, 15) is 0 Å². The van der Waals surface area contributed by atoms with E-state index in [0.717, 1.165) is 25.9 Å². The van der Waals surface area contributed by atoms with Crippen molar-refractivity contribution >= 4 is 0 Å². The Morgan fingerprint density at radius 1 is 1.31 bits per heavy atom. The second-order valence-electron chi connectivity index (χ2n) is 4.54. The summed E-state index contributed by atoms with van der Waals surface area (Å²) in [5.41, 5.74) is 5.83. The lowest BCUT2D eigenvalue weighted by molar-refractivity contribution is 0.0592. The van der Waals surface area contributed by atoms with E-state index < -0.39 is 0 Å². The summed E-state index contributed by atoms with van der Waals surface area (Å²) in [5.74, 6) is 5.71. The van der Waals surface area contributed by atoms with Crippen LogP contribution in [0.15, 0.2) is 0 Å². The van der Waals surface area contributed by atoms with E-state index in [2.05, 4.69) is 18.7 Å². The molecule has 13 heavy (non-hydrogen) atoms. The van der Waals surface area contributed by atoms with Crippen LogP contribution in [-0.2, 0) is 0 Å². The van der Waals surface area contributed by atoms with Crippen molar-refractivity contribution in [3.8, 4) is 0 Å². The molecule has 0 aromatic carbocycles. The third-order valence-electron chi connectivity index (χ3n) is 2.86. The molecule has 0 atom stereocenters. The number of hydrogen-bond acceptors (Lipinski definition) is 4. The van der Waals surface area contributed by atoms with Gasteiger partial charge in [0.05, 0.1) is 5.66 Å². The Hall–Kier alpha value is -0.160. The first-order valence-electron chi connectivity index (χ1n) is 4.92. The quantitative estimate of drug-likeness (QED) is 0.469. The van der Waals surface area contributed by atoms with Crippen LogP contribution in [0.25, 0.3) is 0 Å². The number of rotatable bonds is 2. The van der Waals surface area contributed by atoms with Gasteiger partial charge in [0.1, 0.15) is 0 Å². The summed E-state index contributed by atoms with van der Waals surface area (Å²) in [6, 6.07) is 0.526. The molecular formula is C9H22N4. The predicted octanol–water partition coefficient (Wildman–Crippen LogP) is -0.0489. The van der Waals surface area contributed by atoms with Crippen LogP contribution in [0.2, 0.25) is 0 Å². The number of piperidine rings is 1. The molecule has 1 saturated heterocycles. The lowest BCUT2D eigenvalue weighted by Gasteiger charge is -2.41. The molecule has 1 heterocycles. The number of nitrogens with zero attached hydrogens (tertiary/aromatic N) is 2. The van der Waals surface area contributed by atoms with Gasteiger partial charge in [-0.1, -0.05) is 0 Å². The van der Waals surface area contributed by atoms with E-state index in [1.54, 1.807) is 0 Å². The van der Waals surface area contributed by atoms with Gasteiger partial charge in [0, 0.05) is 26.2 Å². The van der Waals surface area contributed by atoms with Crippen LogP contribution >= 0.6 is 0 Å². The molecule has 78 valence electrons. The van der Waals surface area contributed by atoms with Crippen LogP contribution in [0.4, 0.5) is 0 Å². The van der Waals surface area contributed by atoms with Gasteiger partial charge in [-0.05, 0) is 26.7 Å². The second-order valence-corrected chi connectivity index (χ2v) is 4.54. The number of hydrazine groups is 1. The minimum atomic E-state index is -0.182. The largest absolute Gasteiger partial charge is 0.314 e.